The number of Topliss-reactive ketones (excluding diaryl/α,β-unsaturated/α-hetero) is 1. The van der Waals surface area contributed by atoms with Crippen LogP contribution in [0.25, 0.3) is 11.1 Å². The summed E-state index contributed by atoms with van der Waals surface area (Å²) in [6.45, 7) is 3.17. The fraction of sp³-hybridized carbons (Fsp3) is 0.143. The second-order valence-corrected chi connectivity index (χ2v) is 4.57. The summed E-state index contributed by atoms with van der Waals surface area (Å²) in [6.07, 6.45) is 0. The number of halogens is 1. The molecule has 0 fully saturated rings. The summed E-state index contributed by atoms with van der Waals surface area (Å²) in [4.78, 5) is 26.1. The van der Waals surface area contributed by atoms with Crippen LogP contribution in [-0.2, 0) is 0 Å². The van der Waals surface area contributed by atoms with Crippen LogP contribution in [0.15, 0.2) is 35.1 Å². The predicted octanol–water partition coefficient (Wildman–Crippen LogP) is 3.21. The Kier molecular flexibility index (Phi) is 3.34. The van der Waals surface area contributed by atoms with E-state index in [1.165, 1.54) is 6.92 Å². The second-order valence-electron chi connectivity index (χ2n) is 4.13. The van der Waals surface area contributed by atoms with Crippen molar-refractivity contribution in [3.05, 3.63) is 57.0 Å². The number of aryl methyl sites for hydroxylation is 1. The average Bonchev–Trinajstić information content (AvgIpc) is 2.28. The topological polar surface area (TPSA) is 49.9 Å². The molecule has 2 rings (SSSR count). The lowest BCUT2D eigenvalue weighted by atomic mass is 9.98. The van der Waals surface area contributed by atoms with Crippen molar-refractivity contribution in [3.8, 4) is 11.1 Å². The number of pyridine rings is 1. The third-order valence-corrected chi connectivity index (χ3v) is 2.93. The van der Waals surface area contributed by atoms with Gasteiger partial charge in [-0.25, -0.2) is 0 Å². The SMILES string of the molecule is CC(=O)c1c(-c2ccc(Cl)cc2)cc(C)[nH]c1=O. The highest BCUT2D eigenvalue weighted by Gasteiger charge is 2.14. The summed E-state index contributed by atoms with van der Waals surface area (Å²) in [6, 6.07) is 8.85. The first-order valence-corrected chi connectivity index (χ1v) is 5.87. The van der Waals surface area contributed by atoms with E-state index in [1.807, 2.05) is 0 Å². The Morgan fingerprint density at radius 1 is 1.22 bits per heavy atom. The summed E-state index contributed by atoms with van der Waals surface area (Å²) in [5, 5.41) is 0.615. The Bertz CT molecular complexity index is 656. The molecule has 2 aromatic rings. The zero-order valence-corrected chi connectivity index (χ0v) is 10.8. The Morgan fingerprint density at radius 2 is 1.83 bits per heavy atom. The first-order valence-electron chi connectivity index (χ1n) is 5.50. The van der Waals surface area contributed by atoms with Crippen molar-refractivity contribution in [1.29, 1.82) is 0 Å². The summed E-state index contributed by atoms with van der Waals surface area (Å²) in [5.74, 6) is -0.249. The minimum Gasteiger partial charge on any atom is -0.326 e. The molecule has 3 nitrogen and oxygen atoms in total. The van der Waals surface area contributed by atoms with Gasteiger partial charge in [0, 0.05) is 10.7 Å². The quantitative estimate of drug-likeness (QED) is 0.844. The van der Waals surface area contributed by atoms with Crippen molar-refractivity contribution in [3.63, 3.8) is 0 Å². The molecule has 0 saturated heterocycles. The third-order valence-electron chi connectivity index (χ3n) is 2.68. The molecule has 4 heteroatoms. The van der Waals surface area contributed by atoms with Gasteiger partial charge < -0.3 is 4.98 Å². The van der Waals surface area contributed by atoms with E-state index in [-0.39, 0.29) is 16.9 Å². The van der Waals surface area contributed by atoms with Crippen LogP contribution in [0.3, 0.4) is 0 Å². The molecule has 0 aliphatic rings. The van der Waals surface area contributed by atoms with Crippen molar-refractivity contribution >= 4 is 17.4 Å². The largest absolute Gasteiger partial charge is 0.326 e. The van der Waals surface area contributed by atoms with Crippen LogP contribution < -0.4 is 5.56 Å². The highest BCUT2D eigenvalue weighted by molar-refractivity contribution is 6.30. The van der Waals surface area contributed by atoms with E-state index in [0.717, 1.165) is 11.3 Å². The van der Waals surface area contributed by atoms with Crippen LogP contribution in [0.5, 0.6) is 0 Å². The van der Waals surface area contributed by atoms with Crippen LogP contribution in [0, 0.1) is 6.92 Å². The first kappa shape index (κ1) is 12.6. The number of benzene rings is 1. The maximum absolute atomic E-state index is 11.8. The molecule has 1 N–H and O–H groups in total. The smallest absolute Gasteiger partial charge is 0.259 e. The van der Waals surface area contributed by atoms with E-state index in [1.54, 1.807) is 37.3 Å². The number of H-pyrrole nitrogens is 1. The molecule has 1 aromatic heterocycles. The van der Waals surface area contributed by atoms with Gasteiger partial charge in [-0.3, -0.25) is 9.59 Å². The zero-order chi connectivity index (χ0) is 13.3. The number of nitrogens with one attached hydrogen (secondary N) is 1. The third kappa shape index (κ3) is 2.36. The van der Waals surface area contributed by atoms with Crippen LogP contribution in [0.2, 0.25) is 5.02 Å². The monoisotopic (exact) mass is 261 g/mol. The lowest BCUT2D eigenvalue weighted by molar-refractivity contribution is 0.101. The zero-order valence-electron chi connectivity index (χ0n) is 10.1. The van der Waals surface area contributed by atoms with Crippen LogP contribution >= 0.6 is 11.6 Å². The van der Waals surface area contributed by atoms with Gasteiger partial charge in [0.1, 0.15) is 0 Å². The van der Waals surface area contributed by atoms with Gasteiger partial charge in [-0.1, -0.05) is 23.7 Å². The van der Waals surface area contributed by atoms with E-state index < -0.39 is 0 Å². The summed E-state index contributed by atoms with van der Waals surface area (Å²) < 4.78 is 0. The van der Waals surface area contributed by atoms with Gasteiger partial charge in [-0.2, -0.15) is 0 Å². The lowest BCUT2D eigenvalue weighted by Crippen LogP contribution is -2.18. The molecule has 0 unspecified atom stereocenters. The number of rotatable bonds is 2. The van der Waals surface area contributed by atoms with Gasteiger partial charge in [0.2, 0.25) is 0 Å². The van der Waals surface area contributed by atoms with E-state index >= 15 is 0 Å². The minimum absolute atomic E-state index is 0.183. The van der Waals surface area contributed by atoms with Crippen molar-refractivity contribution < 1.29 is 4.79 Å². The molecular formula is C14H12ClNO2. The molecule has 1 aromatic carbocycles. The number of hydrogen-bond donors (Lipinski definition) is 1. The average molecular weight is 262 g/mol. The maximum atomic E-state index is 11.8. The molecule has 0 radical (unpaired) electrons. The molecule has 0 spiro atoms. The first-order chi connectivity index (χ1) is 8.49. The highest BCUT2D eigenvalue weighted by Crippen LogP contribution is 2.24. The normalized spacial score (nSPS) is 10.4. The van der Waals surface area contributed by atoms with E-state index in [0.29, 0.717) is 10.6 Å². The number of aromatic nitrogens is 1. The van der Waals surface area contributed by atoms with Crippen LogP contribution in [0.1, 0.15) is 23.0 Å². The van der Waals surface area contributed by atoms with Gasteiger partial charge in [0.05, 0.1) is 5.56 Å². The highest BCUT2D eigenvalue weighted by atomic mass is 35.5. The molecule has 0 atom stereocenters. The second kappa shape index (κ2) is 4.78. The van der Waals surface area contributed by atoms with Gasteiger partial charge in [-0.05, 0) is 43.2 Å². The fourth-order valence-electron chi connectivity index (χ4n) is 1.90. The Balaban J connectivity index is 2.73. The van der Waals surface area contributed by atoms with E-state index in [9.17, 15) is 9.59 Å². The van der Waals surface area contributed by atoms with Gasteiger partial charge in [0.15, 0.2) is 5.78 Å². The van der Waals surface area contributed by atoms with Crippen molar-refractivity contribution in [2.75, 3.05) is 0 Å². The van der Waals surface area contributed by atoms with Gasteiger partial charge in [0.25, 0.3) is 5.56 Å². The molecule has 18 heavy (non-hydrogen) atoms. The number of carbonyl (C=O) groups is 1. The number of carbonyl (C=O) groups excluding carboxylic acids is 1. The van der Waals surface area contributed by atoms with Crippen molar-refractivity contribution in [2.45, 2.75) is 13.8 Å². The van der Waals surface area contributed by atoms with Crippen molar-refractivity contribution in [1.82, 2.24) is 4.98 Å². The molecule has 0 bridgehead atoms. The van der Waals surface area contributed by atoms with Crippen LogP contribution in [-0.4, -0.2) is 10.8 Å². The van der Waals surface area contributed by atoms with E-state index in [4.69, 9.17) is 11.6 Å². The molecular weight excluding hydrogens is 250 g/mol. The molecule has 0 aliphatic carbocycles. The number of aromatic amines is 1. The molecule has 0 amide bonds. The van der Waals surface area contributed by atoms with E-state index in [2.05, 4.69) is 4.98 Å². The molecule has 1 heterocycles. The number of hydrogen-bond acceptors (Lipinski definition) is 2. The Hall–Kier alpha value is -1.87. The van der Waals surface area contributed by atoms with Crippen LogP contribution in [0.4, 0.5) is 0 Å². The minimum atomic E-state index is -0.354. The predicted molar refractivity (Wildman–Crippen MR) is 72.3 cm³/mol. The summed E-state index contributed by atoms with van der Waals surface area (Å²) in [5.41, 5.74) is 1.99. The summed E-state index contributed by atoms with van der Waals surface area (Å²) >= 11 is 5.83. The Labute approximate surface area is 109 Å². The van der Waals surface area contributed by atoms with Gasteiger partial charge in [-0.15, -0.1) is 0 Å². The Morgan fingerprint density at radius 3 is 2.39 bits per heavy atom. The molecule has 0 saturated carbocycles. The molecule has 0 aliphatic heterocycles. The van der Waals surface area contributed by atoms with Crippen molar-refractivity contribution in [2.24, 2.45) is 0 Å². The maximum Gasteiger partial charge on any atom is 0.259 e. The lowest BCUT2D eigenvalue weighted by Gasteiger charge is -2.08. The standard InChI is InChI=1S/C14H12ClNO2/c1-8-7-12(10-3-5-11(15)6-4-10)13(9(2)17)14(18)16-8/h3-7H,1-2H3,(H,16,18). The van der Waals surface area contributed by atoms with Gasteiger partial charge >= 0.3 is 0 Å². The molecule has 92 valence electrons. The summed E-state index contributed by atoms with van der Waals surface area (Å²) in [7, 11) is 0. The fourth-order valence-corrected chi connectivity index (χ4v) is 2.02. The number of ketones is 1.